The first kappa shape index (κ1) is 49.0. The summed E-state index contributed by atoms with van der Waals surface area (Å²) in [6, 6.07) is 0. The van der Waals surface area contributed by atoms with Gasteiger partial charge in [-0.05, 0) is 118 Å². The SMILES string of the molecule is CC(C)=CC1C[C@](O[C@@H]2O[C@@H](C)[C@H](O)[C@@H](O)[C@H]2O)([C@H]2CC[C@]3(C)[C@@H]2CC[C@@H]2[C@@]4(C)CC[C@H](O[C@@H]5OC[C@H](O)[C@H](O)[C@H]5O[C@@H]5O[C@H](CO)[C@@H](O)[C@H](O)[C@H]5O)C(C)(C)[C@@H]4CC[C@]23C)C(=O)O1. The average Bonchev–Trinajstić information content (AvgIpc) is 3.75. The Morgan fingerprint density at radius 3 is 2.06 bits per heavy atom. The number of cyclic esters (lactones) is 1. The van der Waals surface area contributed by atoms with Gasteiger partial charge in [-0.2, -0.15) is 0 Å². The Morgan fingerprint density at radius 1 is 0.703 bits per heavy atom. The summed E-state index contributed by atoms with van der Waals surface area (Å²) in [6.07, 6.45) is -11.8. The van der Waals surface area contributed by atoms with Crippen LogP contribution in [-0.2, 0) is 38.0 Å². The minimum absolute atomic E-state index is 0.0825. The predicted molar refractivity (Wildman–Crippen MR) is 224 cm³/mol. The number of carbonyl (C=O) groups is 1. The molecule has 0 aromatic carbocycles. The Hall–Kier alpha value is -1.39. The second kappa shape index (κ2) is 17.5. The third-order valence-electron chi connectivity index (χ3n) is 18.6. The fourth-order valence-corrected chi connectivity index (χ4v) is 15.0. The highest BCUT2D eigenvalue weighted by Crippen LogP contribution is 2.76. The molecule has 8 aliphatic rings. The zero-order valence-electron chi connectivity index (χ0n) is 38.7. The molecular formula is C47H76O17. The Labute approximate surface area is 376 Å². The molecule has 8 rings (SSSR count). The lowest BCUT2D eigenvalue weighted by molar-refractivity contribution is -0.367. The van der Waals surface area contributed by atoms with E-state index in [1.807, 2.05) is 19.9 Å². The molecule has 4 aliphatic carbocycles. The first-order chi connectivity index (χ1) is 29.9. The monoisotopic (exact) mass is 913 g/mol. The number of carbonyl (C=O) groups excluding carboxylic acids is 1. The molecule has 0 spiro atoms. The van der Waals surface area contributed by atoms with Crippen LogP contribution >= 0.6 is 0 Å². The Bertz CT molecular complexity index is 1720. The van der Waals surface area contributed by atoms with Gasteiger partial charge in [-0.1, -0.05) is 40.2 Å². The molecule has 0 bridgehead atoms. The van der Waals surface area contributed by atoms with Crippen molar-refractivity contribution in [3.05, 3.63) is 11.6 Å². The van der Waals surface area contributed by atoms with Crippen LogP contribution in [0.4, 0.5) is 0 Å². The van der Waals surface area contributed by atoms with Crippen molar-refractivity contribution in [1.29, 1.82) is 0 Å². The van der Waals surface area contributed by atoms with Crippen molar-refractivity contribution >= 4 is 5.97 Å². The van der Waals surface area contributed by atoms with E-state index in [0.717, 1.165) is 44.1 Å². The van der Waals surface area contributed by atoms with Gasteiger partial charge in [-0.3, -0.25) is 0 Å². The minimum Gasteiger partial charge on any atom is -0.456 e. The largest absolute Gasteiger partial charge is 0.456 e. The first-order valence-electron chi connectivity index (χ1n) is 23.8. The van der Waals surface area contributed by atoms with E-state index in [-0.39, 0.29) is 53.1 Å². The van der Waals surface area contributed by atoms with E-state index in [1.54, 1.807) is 6.92 Å². The third-order valence-corrected chi connectivity index (χ3v) is 18.6. The van der Waals surface area contributed by atoms with Crippen LogP contribution in [0.1, 0.15) is 113 Å². The van der Waals surface area contributed by atoms with Crippen molar-refractivity contribution in [3.8, 4) is 0 Å². The lowest BCUT2D eigenvalue weighted by atomic mass is 9.35. The van der Waals surface area contributed by atoms with E-state index in [0.29, 0.717) is 18.8 Å². The molecule has 0 amide bonds. The maximum Gasteiger partial charge on any atom is 0.339 e. The van der Waals surface area contributed by atoms with Gasteiger partial charge < -0.3 is 79.1 Å². The van der Waals surface area contributed by atoms with Gasteiger partial charge in [0.25, 0.3) is 0 Å². The summed E-state index contributed by atoms with van der Waals surface area (Å²) in [5.74, 6) is -0.102. The van der Waals surface area contributed by atoms with Crippen molar-refractivity contribution in [3.63, 3.8) is 0 Å². The Balaban J connectivity index is 1.02. The summed E-state index contributed by atoms with van der Waals surface area (Å²) in [4.78, 5) is 14.4. The zero-order chi connectivity index (χ0) is 46.6. The molecule has 24 atom stereocenters. The van der Waals surface area contributed by atoms with Gasteiger partial charge in [0, 0.05) is 12.3 Å². The molecule has 0 aromatic heterocycles. The number of ether oxygens (including phenoxy) is 7. The third kappa shape index (κ3) is 7.67. The molecule has 4 saturated heterocycles. The molecule has 17 heteroatoms. The van der Waals surface area contributed by atoms with Gasteiger partial charge in [0.2, 0.25) is 0 Å². The first-order valence-corrected chi connectivity index (χ1v) is 23.8. The number of rotatable bonds is 9. The molecule has 9 N–H and O–H groups in total. The van der Waals surface area contributed by atoms with E-state index < -0.39 is 116 Å². The summed E-state index contributed by atoms with van der Waals surface area (Å²) in [5, 5.41) is 95.5. The highest BCUT2D eigenvalue weighted by atomic mass is 16.8. The molecule has 0 radical (unpaired) electrons. The van der Waals surface area contributed by atoms with Crippen molar-refractivity contribution in [2.24, 2.45) is 45.3 Å². The van der Waals surface area contributed by atoms with E-state index >= 15 is 0 Å². The van der Waals surface area contributed by atoms with Crippen molar-refractivity contribution in [2.45, 2.75) is 217 Å². The number of esters is 1. The van der Waals surface area contributed by atoms with E-state index in [2.05, 4.69) is 34.6 Å². The molecule has 366 valence electrons. The van der Waals surface area contributed by atoms with Crippen LogP contribution in [0.25, 0.3) is 0 Å². The lowest BCUT2D eigenvalue weighted by Crippen LogP contribution is -2.66. The van der Waals surface area contributed by atoms with Gasteiger partial charge >= 0.3 is 5.97 Å². The van der Waals surface area contributed by atoms with Crippen LogP contribution in [0, 0.1) is 45.3 Å². The van der Waals surface area contributed by atoms with E-state index in [1.165, 1.54) is 0 Å². The normalized spacial score (nSPS) is 54.9. The lowest BCUT2D eigenvalue weighted by Gasteiger charge is -2.70. The molecule has 0 aromatic rings. The Morgan fingerprint density at radius 2 is 1.38 bits per heavy atom. The van der Waals surface area contributed by atoms with Crippen LogP contribution in [0.2, 0.25) is 0 Å². The van der Waals surface area contributed by atoms with Gasteiger partial charge in [0.15, 0.2) is 24.5 Å². The van der Waals surface area contributed by atoms with Crippen LogP contribution < -0.4 is 0 Å². The van der Waals surface area contributed by atoms with Crippen LogP contribution in [-0.4, -0.2) is 169 Å². The second-order valence-corrected chi connectivity index (χ2v) is 22.4. The number of aliphatic hydroxyl groups excluding tert-OH is 9. The summed E-state index contributed by atoms with van der Waals surface area (Å²) in [5.41, 5.74) is -1.24. The van der Waals surface area contributed by atoms with Crippen LogP contribution in [0.5, 0.6) is 0 Å². The highest BCUT2D eigenvalue weighted by Gasteiger charge is 2.72. The molecule has 8 fully saturated rings. The van der Waals surface area contributed by atoms with Crippen molar-refractivity contribution in [1.82, 2.24) is 0 Å². The number of hydrogen-bond acceptors (Lipinski definition) is 17. The predicted octanol–water partition coefficient (Wildman–Crippen LogP) is 1.18. The molecule has 4 heterocycles. The quantitative estimate of drug-likeness (QED) is 0.0894. The number of fused-ring (bicyclic) bond motifs is 5. The summed E-state index contributed by atoms with van der Waals surface area (Å²) >= 11 is 0. The van der Waals surface area contributed by atoms with E-state index in [4.69, 9.17) is 33.2 Å². The average molecular weight is 913 g/mol. The van der Waals surface area contributed by atoms with Gasteiger partial charge in [0.05, 0.1) is 25.4 Å². The highest BCUT2D eigenvalue weighted by molar-refractivity contribution is 5.83. The minimum atomic E-state index is -1.73. The topological polar surface area (TPSA) is 264 Å². The summed E-state index contributed by atoms with van der Waals surface area (Å²) < 4.78 is 43.2. The molecule has 4 saturated carbocycles. The molecule has 17 nitrogen and oxygen atoms in total. The molecule has 1 unspecified atom stereocenters. The van der Waals surface area contributed by atoms with Gasteiger partial charge in [-0.25, -0.2) is 4.79 Å². The number of hydrogen-bond donors (Lipinski definition) is 9. The fourth-order valence-electron chi connectivity index (χ4n) is 15.0. The summed E-state index contributed by atoms with van der Waals surface area (Å²) in [7, 11) is 0. The standard InChI is InChI=1S/C47H76O17/c1-21(2)17-23-18-47(42(57)60-23,64-40-37(56)34(53)31(50)22(3)59-40)25-11-15-45(7)24(25)9-10-29-44(6)14-13-30(43(4,5)28(44)12-16-46(29,45)8)62-41-38(32(51)26(49)20-58-41)63-39-36(55)35(54)33(52)27(19-48)61-39/h17,22-41,48-56H,9-16,18-20H2,1-8H3/t22-,23?,24+,25-,26-,27+,28-,29+,30-,31-,32-,33+,34+,35-,36+,37+,38+,39-,40-,41-,44-,45+,46+,47-/m0/s1. The van der Waals surface area contributed by atoms with Gasteiger partial charge in [-0.15, -0.1) is 0 Å². The molecule has 4 aliphatic heterocycles. The number of aliphatic hydroxyl groups is 9. The van der Waals surface area contributed by atoms with Crippen molar-refractivity contribution in [2.75, 3.05) is 13.2 Å². The zero-order valence-corrected chi connectivity index (χ0v) is 38.7. The van der Waals surface area contributed by atoms with Crippen molar-refractivity contribution < 1.29 is 83.9 Å². The Kier molecular flexibility index (Phi) is 13.4. The van der Waals surface area contributed by atoms with Gasteiger partial charge in [0.1, 0.15) is 67.1 Å². The van der Waals surface area contributed by atoms with Crippen LogP contribution in [0.3, 0.4) is 0 Å². The van der Waals surface area contributed by atoms with E-state index in [9.17, 15) is 50.8 Å². The summed E-state index contributed by atoms with van der Waals surface area (Å²) in [6.45, 7) is 16.3. The smallest absolute Gasteiger partial charge is 0.339 e. The van der Waals surface area contributed by atoms with Crippen LogP contribution in [0.15, 0.2) is 11.6 Å². The molecule has 64 heavy (non-hydrogen) atoms. The fraction of sp³-hybridized carbons (Fsp3) is 0.936. The second-order valence-electron chi connectivity index (χ2n) is 22.4. The number of allylic oxidation sites excluding steroid dienone is 1. The maximum absolute atomic E-state index is 14.4. The molecular weight excluding hydrogens is 837 g/mol. The maximum atomic E-state index is 14.4.